The molecule has 1 N–H and O–H groups in total. The van der Waals surface area contributed by atoms with Gasteiger partial charge in [-0.1, -0.05) is 6.07 Å². The molecule has 1 aromatic carbocycles. The molecule has 0 aliphatic carbocycles. The zero-order chi connectivity index (χ0) is 13.7. The molecule has 19 heavy (non-hydrogen) atoms. The zero-order valence-electron chi connectivity index (χ0n) is 11.3. The van der Waals surface area contributed by atoms with Crippen molar-refractivity contribution < 1.29 is 9.47 Å². The van der Waals surface area contributed by atoms with Crippen LogP contribution in [0.25, 0.3) is 0 Å². The molecule has 0 spiro atoms. The van der Waals surface area contributed by atoms with E-state index >= 15 is 0 Å². The van der Waals surface area contributed by atoms with Gasteiger partial charge >= 0.3 is 0 Å². The third-order valence-electron chi connectivity index (χ3n) is 2.79. The normalized spacial score (nSPS) is 11.9. The summed E-state index contributed by atoms with van der Waals surface area (Å²) >= 11 is 1.61. The van der Waals surface area contributed by atoms with Crippen molar-refractivity contribution in [2.45, 2.75) is 19.4 Å². The molecule has 4 nitrogen and oxygen atoms in total. The minimum atomic E-state index is 0.309. The Labute approximate surface area is 117 Å². The highest BCUT2D eigenvalue weighted by atomic mass is 32.1. The Morgan fingerprint density at radius 2 is 2.05 bits per heavy atom. The minimum Gasteiger partial charge on any atom is -0.493 e. The summed E-state index contributed by atoms with van der Waals surface area (Å²) in [5.41, 5.74) is 1.20. The van der Waals surface area contributed by atoms with Crippen molar-refractivity contribution in [3.63, 3.8) is 0 Å². The summed E-state index contributed by atoms with van der Waals surface area (Å²) in [6, 6.07) is 6.31. The summed E-state index contributed by atoms with van der Waals surface area (Å²) in [6.07, 6.45) is 2.70. The fourth-order valence-corrected chi connectivity index (χ4v) is 2.56. The van der Waals surface area contributed by atoms with Crippen LogP contribution in [0.15, 0.2) is 29.8 Å². The predicted octanol–water partition coefficient (Wildman–Crippen LogP) is 3.20. The van der Waals surface area contributed by atoms with Crippen molar-refractivity contribution in [1.29, 1.82) is 0 Å². The van der Waals surface area contributed by atoms with E-state index in [1.807, 2.05) is 17.5 Å². The zero-order valence-corrected chi connectivity index (χ0v) is 12.2. The maximum atomic E-state index is 5.31. The monoisotopic (exact) mass is 278 g/mol. The largest absolute Gasteiger partial charge is 0.493 e. The summed E-state index contributed by atoms with van der Waals surface area (Å²) in [5, 5.41) is 6.29. The van der Waals surface area contributed by atoms with Gasteiger partial charge in [0, 0.05) is 17.6 Å². The molecule has 0 fully saturated rings. The second kappa shape index (κ2) is 6.43. The van der Waals surface area contributed by atoms with E-state index in [0.29, 0.717) is 6.04 Å². The molecule has 0 radical (unpaired) electrons. The van der Waals surface area contributed by atoms with E-state index in [1.165, 1.54) is 5.56 Å². The van der Waals surface area contributed by atoms with Crippen LogP contribution in [0.1, 0.15) is 12.5 Å². The number of rotatable bonds is 6. The van der Waals surface area contributed by atoms with Crippen LogP contribution in [-0.4, -0.2) is 25.2 Å². The lowest BCUT2D eigenvalue weighted by molar-refractivity contribution is 0.354. The maximum absolute atomic E-state index is 5.31. The molecule has 0 saturated heterocycles. The van der Waals surface area contributed by atoms with E-state index in [4.69, 9.17) is 9.47 Å². The molecule has 0 bridgehead atoms. The lowest BCUT2D eigenvalue weighted by Gasteiger charge is -2.14. The number of hydrogen-bond donors (Lipinski definition) is 1. The van der Waals surface area contributed by atoms with E-state index in [-0.39, 0.29) is 0 Å². The Balaban J connectivity index is 2.02. The van der Waals surface area contributed by atoms with E-state index < -0.39 is 0 Å². The maximum Gasteiger partial charge on any atom is 0.182 e. The van der Waals surface area contributed by atoms with Gasteiger partial charge in [-0.15, -0.1) is 11.3 Å². The highest BCUT2D eigenvalue weighted by Gasteiger charge is 2.08. The van der Waals surface area contributed by atoms with E-state index in [2.05, 4.69) is 23.3 Å². The quantitative estimate of drug-likeness (QED) is 0.881. The predicted molar refractivity (Wildman–Crippen MR) is 78.4 cm³/mol. The smallest absolute Gasteiger partial charge is 0.182 e. The van der Waals surface area contributed by atoms with Crippen molar-refractivity contribution in [3.8, 4) is 11.5 Å². The van der Waals surface area contributed by atoms with Gasteiger partial charge in [0.25, 0.3) is 0 Å². The van der Waals surface area contributed by atoms with Crippen molar-refractivity contribution in [2.75, 3.05) is 19.5 Å². The number of nitrogens with zero attached hydrogens (tertiary/aromatic N) is 1. The van der Waals surface area contributed by atoms with Crippen LogP contribution in [0.4, 0.5) is 5.13 Å². The lowest BCUT2D eigenvalue weighted by Crippen LogP contribution is -2.17. The van der Waals surface area contributed by atoms with Gasteiger partial charge in [-0.05, 0) is 31.0 Å². The first-order valence-corrected chi connectivity index (χ1v) is 6.98. The highest BCUT2D eigenvalue weighted by Crippen LogP contribution is 2.28. The Morgan fingerprint density at radius 3 is 2.68 bits per heavy atom. The van der Waals surface area contributed by atoms with E-state index in [1.54, 1.807) is 31.8 Å². The minimum absolute atomic E-state index is 0.309. The molecule has 0 aliphatic heterocycles. The van der Waals surface area contributed by atoms with Crippen LogP contribution >= 0.6 is 11.3 Å². The average Bonchev–Trinajstić information content (AvgIpc) is 2.91. The van der Waals surface area contributed by atoms with Crippen molar-refractivity contribution in [2.24, 2.45) is 0 Å². The number of thiazole rings is 1. The molecule has 0 amide bonds. The summed E-state index contributed by atoms with van der Waals surface area (Å²) in [5.74, 6) is 1.52. The fourth-order valence-electron chi connectivity index (χ4n) is 1.92. The fraction of sp³-hybridized carbons (Fsp3) is 0.357. The first-order chi connectivity index (χ1) is 9.22. The first kappa shape index (κ1) is 13.7. The van der Waals surface area contributed by atoms with Crippen LogP contribution < -0.4 is 14.8 Å². The van der Waals surface area contributed by atoms with Gasteiger partial charge in [-0.2, -0.15) is 0 Å². The van der Waals surface area contributed by atoms with Crippen LogP contribution in [0.3, 0.4) is 0 Å². The molecule has 2 rings (SSSR count). The van der Waals surface area contributed by atoms with Crippen molar-refractivity contribution in [1.82, 2.24) is 4.98 Å². The van der Waals surface area contributed by atoms with Gasteiger partial charge in [-0.25, -0.2) is 4.98 Å². The topological polar surface area (TPSA) is 43.4 Å². The Morgan fingerprint density at radius 1 is 1.26 bits per heavy atom. The van der Waals surface area contributed by atoms with Crippen LogP contribution in [0.2, 0.25) is 0 Å². The molecule has 0 aliphatic rings. The second-order valence-corrected chi connectivity index (χ2v) is 5.17. The molecule has 1 atom stereocenters. The second-order valence-electron chi connectivity index (χ2n) is 4.28. The number of hydrogen-bond acceptors (Lipinski definition) is 5. The van der Waals surface area contributed by atoms with Gasteiger partial charge < -0.3 is 14.8 Å². The Bertz CT molecular complexity index is 514. The number of ether oxygens (including phenoxy) is 2. The van der Waals surface area contributed by atoms with E-state index in [0.717, 1.165) is 23.1 Å². The third-order valence-corrected chi connectivity index (χ3v) is 3.50. The number of benzene rings is 1. The number of nitrogens with one attached hydrogen (secondary N) is 1. The molecule has 0 saturated carbocycles. The van der Waals surface area contributed by atoms with Crippen LogP contribution in [0, 0.1) is 0 Å². The molecule has 102 valence electrons. The molecule has 1 unspecified atom stereocenters. The van der Waals surface area contributed by atoms with Crippen LogP contribution in [-0.2, 0) is 6.42 Å². The van der Waals surface area contributed by atoms with Gasteiger partial charge in [0.05, 0.1) is 14.2 Å². The molecular weight excluding hydrogens is 260 g/mol. The van der Waals surface area contributed by atoms with Gasteiger partial charge in [0.2, 0.25) is 0 Å². The SMILES string of the molecule is COc1ccc(CC(C)Nc2nccs2)cc1OC. The highest BCUT2D eigenvalue weighted by molar-refractivity contribution is 7.13. The Kier molecular flexibility index (Phi) is 4.63. The average molecular weight is 278 g/mol. The van der Waals surface area contributed by atoms with Crippen LogP contribution in [0.5, 0.6) is 11.5 Å². The Hall–Kier alpha value is -1.75. The summed E-state index contributed by atoms with van der Waals surface area (Å²) < 4.78 is 10.5. The molecule has 1 heterocycles. The number of aromatic nitrogens is 1. The van der Waals surface area contributed by atoms with Crippen molar-refractivity contribution in [3.05, 3.63) is 35.3 Å². The van der Waals surface area contributed by atoms with E-state index in [9.17, 15) is 0 Å². The van der Waals surface area contributed by atoms with Crippen molar-refractivity contribution >= 4 is 16.5 Å². The third kappa shape index (κ3) is 3.61. The lowest BCUT2D eigenvalue weighted by atomic mass is 10.1. The summed E-state index contributed by atoms with van der Waals surface area (Å²) in [6.45, 7) is 2.14. The summed E-state index contributed by atoms with van der Waals surface area (Å²) in [4.78, 5) is 4.22. The number of methoxy groups -OCH3 is 2. The van der Waals surface area contributed by atoms with Gasteiger partial charge in [0.1, 0.15) is 0 Å². The molecule has 5 heteroatoms. The molecule has 1 aromatic heterocycles. The number of anilines is 1. The first-order valence-electron chi connectivity index (χ1n) is 6.10. The van der Waals surface area contributed by atoms with Gasteiger partial charge in [0.15, 0.2) is 16.6 Å². The molecule has 2 aromatic rings. The molecular formula is C14H18N2O2S. The summed E-state index contributed by atoms with van der Waals surface area (Å²) in [7, 11) is 3.29. The standard InChI is InChI=1S/C14H18N2O2S/c1-10(16-14-15-6-7-19-14)8-11-4-5-12(17-2)13(9-11)18-3/h4-7,9-10H,8H2,1-3H3,(H,15,16). The van der Waals surface area contributed by atoms with Gasteiger partial charge in [-0.3, -0.25) is 0 Å².